The van der Waals surface area contributed by atoms with Crippen LogP contribution in [-0.2, 0) is 14.3 Å². The highest BCUT2D eigenvalue weighted by atomic mass is 16.6. The normalized spacial score (nSPS) is 34.4. The van der Waals surface area contributed by atoms with E-state index in [-0.39, 0.29) is 18.6 Å². The molecule has 18 heavy (non-hydrogen) atoms. The van der Waals surface area contributed by atoms with Crippen molar-refractivity contribution in [2.45, 2.75) is 50.9 Å². The van der Waals surface area contributed by atoms with Crippen LogP contribution in [0.5, 0.6) is 0 Å². The Kier molecular flexibility index (Phi) is 3.01. The first-order chi connectivity index (χ1) is 8.22. The van der Waals surface area contributed by atoms with Crippen molar-refractivity contribution in [2.75, 3.05) is 6.61 Å². The van der Waals surface area contributed by atoms with Crippen molar-refractivity contribution in [3.63, 3.8) is 0 Å². The van der Waals surface area contributed by atoms with Gasteiger partial charge in [-0.05, 0) is 39.5 Å². The number of amides is 1. The summed E-state index contributed by atoms with van der Waals surface area (Å²) in [6.07, 6.45) is 0.442. The largest absolute Gasteiger partial charge is 0.479 e. The third-order valence-corrected chi connectivity index (χ3v) is 3.38. The van der Waals surface area contributed by atoms with Crippen LogP contribution in [0.25, 0.3) is 0 Å². The zero-order chi connectivity index (χ0) is 13.6. The van der Waals surface area contributed by atoms with Gasteiger partial charge in [0.1, 0.15) is 5.60 Å². The van der Waals surface area contributed by atoms with Gasteiger partial charge in [0.15, 0.2) is 5.60 Å². The van der Waals surface area contributed by atoms with E-state index >= 15 is 0 Å². The maximum Gasteiger partial charge on any atom is 0.407 e. The van der Waals surface area contributed by atoms with Crippen LogP contribution in [0.3, 0.4) is 0 Å². The number of carboxylic acids is 1. The SMILES string of the molecule is CC(C)(C)OC(=O)NC1COC2(C(=O)O)CC1C2. The number of ether oxygens (including phenoxy) is 2. The quantitative estimate of drug-likeness (QED) is 0.775. The fourth-order valence-corrected chi connectivity index (χ4v) is 2.43. The van der Waals surface area contributed by atoms with Gasteiger partial charge in [0.05, 0.1) is 12.6 Å². The summed E-state index contributed by atoms with van der Waals surface area (Å²) in [4.78, 5) is 22.6. The van der Waals surface area contributed by atoms with Crippen molar-refractivity contribution < 1.29 is 24.2 Å². The number of alkyl carbamates (subject to hydrolysis) is 1. The number of carbonyl (C=O) groups is 2. The Morgan fingerprint density at radius 1 is 1.39 bits per heavy atom. The lowest BCUT2D eigenvalue weighted by atomic mass is 9.65. The molecule has 1 amide bonds. The smallest absolute Gasteiger partial charge is 0.407 e. The Morgan fingerprint density at radius 3 is 2.39 bits per heavy atom. The molecule has 3 aliphatic rings. The first-order valence-corrected chi connectivity index (χ1v) is 6.09. The van der Waals surface area contributed by atoms with E-state index in [4.69, 9.17) is 14.6 Å². The van der Waals surface area contributed by atoms with Gasteiger partial charge >= 0.3 is 12.1 Å². The van der Waals surface area contributed by atoms with Crippen LogP contribution >= 0.6 is 0 Å². The van der Waals surface area contributed by atoms with E-state index in [0.717, 1.165) is 0 Å². The minimum atomic E-state index is -1.00. The molecule has 1 atom stereocenters. The molecule has 0 aromatic carbocycles. The molecule has 0 radical (unpaired) electrons. The second kappa shape index (κ2) is 4.12. The van der Waals surface area contributed by atoms with Gasteiger partial charge in [-0.25, -0.2) is 9.59 Å². The highest BCUT2D eigenvalue weighted by Crippen LogP contribution is 2.47. The maximum absolute atomic E-state index is 11.6. The highest BCUT2D eigenvalue weighted by Gasteiger charge is 2.58. The third-order valence-electron chi connectivity index (χ3n) is 3.38. The predicted octanol–water partition coefficient (Wildman–Crippen LogP) is 1.14. The van der Waals surface area contributed by atoms with Crippen molar-refractivity contribution in [2.24, 2.45) is 5.92 Å². The minimum absolute atomic E-state index is 0.152. The van der Waals surface area contributed by atoms with E-state index in [0.29, 0.717) is 12.8 Å². The minimum Gasteiger partial charge on any atom is -0.479 e. The standard InChI is InChI=1S/C12H19NO5/c1-11(2,3)18-10(16)13-8-6-17-12(9(14)15)4-7(8)5-12/h7-8H,4-6H2,1-3H3,(H,13,16)(H,14,15). The summed E-state index contributed by atoms with van der Waals surface area (Å²) in [5, 5.41) is 11.8. The van der Waals surface area contributed by atoms with Crippen LogP contribution < -0.4 is 5.32 Å². The Hall–Kier alpha value is -1.30. The summed E-state index contributed by atoms with van der Waals surface area (Å²) in [6.45, 7) is 5.62. The van der Waals surface area contributed by atoms with Crippen molar-refractivity contribution in [1.82, 2.24) is 5.32 Å². The topological polar surface area (TPSA) is 84.9 Å². The molecule has 6 nitrogen and oxygen atoms in total. The second-order valence-corrected chi connectivity index (χ2v) is 6.03. The number of hydrogen-bond donors (Lipinski definition) is 2. The van der Waals surface area contributed by atoms with Crippen LogP contribution in [0.4, 0.5) is 4.79 Å². The molecule has 0 aromatic heterocycles. The summed E-state index contributed by atoms with van der Waals surface area (Å²) in [5.74, 6) is -0.739. The molecule has 0 spiro atoms. The molecular formula is C12H19NO5. The Balaban J connectivity index is 1.84. The van der Waals surface area contributed by atoms with Crippen molar-refractivity contribution >= 4 is 12.1 Å². The lowest BCUT2D eigenvalue weighted by Gasteiger charge is -2.52. The average Bonchev–Trinajstić information content (AvgIpc) is 2.12. The number of hydrogen-bond acceptors (Lipinski definition) is 4. The van der Waals surface area contributed by atoms with E-state index in [2.05, 4.69) is 5.32 Å². The van der Waals surface area contributed by atoms with E-state index < -0.39 is 23.3 Å². The molecule has 2 N–H and O–H groups in total. The molecule has 102 valence electrons. The third kappa shape index (κ3) is 2.43. The monoisotopic (exact) mass is 257 g/mol. The summed E-state index contributed by atoms with van der Waals surface area (Å²) in [6, 6.07) is -0.152. The first kappa shape index (κ1) is 13.1. The van der Waals surface area contributed by atoms with Gasteiger partial charge in [0.2, 0.25) is 0 Å². The summed E-state index contributed by atoms with van der Waals surface area (Å²) >= 11 is 0. The Bertz CT molecular complexity index is 362. The molecular weight excluding hydrogens is 238 g/mol. The molecule has 3 rings (SSSR count). The second-order valence-electron chi connectivity index (χ2n) is 6.03. The average molecular weight is 257 g/mol. The molecule has 6 heteroatoms. The van der Waals surface area contributed by atoms with Crippen LogP contribution in [0.15, 0.2) is 0 Å². The molecule has 2 saturated heterocycles. The number of rotatable bonds is 2. The van der Waals surface area contributed by atoms with Crippen LogP contribution in [0, 0.1) is 5.92 Å². The predicted molar refractivity (Wildman–Crippen MR) is 62.2 cm³/mol. The van der Waals surface area contributed by atoms with E-state index in [9.17, 15) is 9.59 Å². The molecule has 0 aromatic rings. The molecule has 2 heterocycles. The number of nitrogens with one attached hydrogen (secondary N) is 1. The van der Waals surface area contributed by atoms with Gasteiger partial charge in [-0.2, -0.15) is 0 Å². The molecule has 2 aliphatic heterocycles. The summed E-state index contributed by atoms with van der Waals surface area (Å²) < 4.78 is 10.5. The molecule has 1 unspecified atom stereocenters. The lowest BCUT2D eigenvalue weighted by Crippen LogP contribution is -2.65. The number of aliphatic carboxylic acids is 1. The van der Waals surface area contributed by atoms with E-state index in [1.165, 1.54) is 0 Å². The van der Waals surface area contributed by atoms with Gasteiger partial charge in [-0.15, -0.1) is 0 Å². The van der Waals surface area contributed by atoms with Crippen molar-refractivity contribution in [3.05, 3.63) is 0 Å². The zero-order valence-corrected chi connectivity index (χ0v) is 10.9. The summed E-state index contributed by atoms with van der Waals surface area (Å²) in [7, 11) is 0. The first-order valence-electron chi connectivity index (χ1n) is 6.09. The van der Waals surface area contributed by atoms with Gasteiger partial charge in [0, 0.05) is 0 Å². The fourth-order valence-electron chi connectivity index (χ4n) is 2.43. The van der Waals surface area contributed by atoms with E-state index in [1.54, 1.807) is 20.8 Å². The number of fused-ring (bicyclic) bond motifs is 2. The fraction of sp³-hybridized carbons (Fsp3) is 0.833. The van der Waals surface area contributed by atoms with Crippen LogP contribution in [0.1, 0.15) is 33.6 Å². The zero-order valence-electron chi connectivity index (χ0n) is 10.9. The number of carboxylic acid groups (broad SMARTS) is 1. The Morgan fingerprint density at radius 2 is 2.00 bits per heavy atom. The highest BCUT2D eigenvalue weighted by molar-refractivity contribution is 5.79. The maximum atomic E-state index is 11.6. The molecule has 2 bridgehead atoms. The van der Waals surface area contributed by atoms with Gasteiger partial charge in [-0.3, -0.25) is 0 Å². The lowest BCUT2D eigenvalue weighted by molar-refractivity contribution is -0.213. The van der Waals surface area contributed by atoms with Crippen LogP contribution in [0.2, 0.25) is 0 Å². The van der Waals surface area contributed by atoms with Crippen LogP contribution in [-0.4, -0.2) is 41.0 Å². The van der Waals surface area contributed by atoms with Gasteiger partial charge in [0.25, 0.3) is 0 Å². The van der Waals surface area contributed by atoms with Crippen molar-refractivity contribution in [1.29, 1.82) is 0 Å². The summed E-state index contributed by atoms with van der Waals surface area (Å²) in [5.41, 5.74) is -1.54. The molecule has 1 aliphatic carbocycles. The van der Waals surface area contributed by atoms with Gasteiger partial charge < -0.3 is 19.9 Å². The number of carbonyl (C=O) groups excluding carboxylic acids is 1. The van der Waals surface area contributed by atoms with Crippen molar-refractivity contribution in [3.8, 4) is 0 Å². The van der Waals surface area contributed by atoms with E-state index in [1.807, 2.05) is 0 Å². The van der Waals surface area contributed by atoms with Gasteiger partial charge in [-0.1, -0.05) is 0 Å². The molecule has 3 fully saturated rings. The molecule has 1 saturated carbocycles. The Labute approximate surface area is 106 Å².